The second kappa shape index (κ2) is 8.96. The molecule has 1 saturated heterocycles. The summed E-state index contributed by atoms with van der Waals surface area (Å²) in [6.45, 7) is 4.17. The van der Waals surface area contributed by atoms with Gasteiger partial charge in [0.05, 0.1) is 5.69 Å². The molecule has 0 unspecified atom stereocenters. The third-order valence-electron chi connectivity index (χ3n) is 6.32. The standard InChI is InChI=1S/C26H32N4O2/c1-28(2)16-19-6-8-20(9-7-19)23-5-4-12-30(23)18-22-17-29(3)27-26(22)21-10-11-24-25(15-21)32-14-13-31-24/h6-11,15,17,23H,4-5,12-14,16,18H2,1-3H3/t23-/m0/s1. The first-order valence-corrected chi connectivity index (χ1v) is 11.5. The summed E-state index contributed by atoms with van der Waals surface area (Å²) in [7, 11) is 6.22. The van der Waals surface area contributed by atoms with Crippen LogP contribution in [-0.4, -0.2) is 53.4 Å². The number of likely N-dealkylation sites (tertiary alicyclic amines) is 1. The van der Waals surface area contributed by atoms with Crippen molar-refractivity contribution in [3.8, 4) is 22.8 Å². The average molecular weight is 433 g/mol. The minimum absolute atomic E-state index is 0.455. The molecular formula is C26H32N4O2. The van der Waals surface area contributed by atoms with Gasteiger partial charge in [0.2, 0.25) is 0 Å². The predicted molar refractivity (Wildman–Crippen MR) is 126 cm³/mol. The summed E-state index contributed by atoms with van der Waals surface area (Å²) < 4.78 is 13.4. The van der Waals surface area contributed by atoms with E-state index in [0.29, 0.717) is 19.3 Å². The SMILES string of the molecule is CN(C)Cc1ccc([C@@H]2CCCN2Cc2cn(C)nc2-c2ccc3c(c2)OCCO3)cc1. The summed E-state index contributed by atoms with van der Waals surface area (Å²) in [4.78, 5) is 4.80. The van der Waals surface area contributed by atoms with Crippen molar-refractivity contribution in [2.45, 2.75) is 32.0 Å². The second-order valence-corrected chi connectivity index (χ2v) is 9.14. The van der Waals surface area contributed by atoms with Gasteiger partial charge in [0.1, 0.15) is 13.2 Å². The lowest BCUT2D eigenvalue weighted by molar-refractivity contribution is 0.171. The first-order chi connectivity index (χ1) is 15.6. The Morgan fingerprint density at radius 3 is 2.59 bits per heavy atom. The fourth-order valence-electron chi connectivity index (χ4n) is 4.91. The summed E-state index contributed by atoms with van der Waals surface area (Å²) in [6.07, 6.45) is 4.58. The number of rotatable bonds is 6. The smallest absolute Gasteiger partial charge is 0.162 e. The fourth-order valence-corrected chi connectivity index (χ4v) is 4.91. The van der Waals surface area contributed by atoms with E-state index in [1.165, 1.54) is 29.5 Å². The summed E-state index contributed by atoms with van der Waals surface area (Å²) >= 11 is 0. The first kappa shape index (κ1) is 21.0. The van der Waals surface area contributed by atoms with Crippen LogP contribution in [-0.2, 0) is 20.1 Å². The number of aromatic nitrogens is 2. The Morgan fingerprint density at radius 1 is 1.03 bits per heavy atom. The molecule has 0 saturated carbocycles. The number of ether oxygens (including phenoxy) is 2. The van der Waals surface area contributed by atoms with Crippen LogP contribution in [0.1, 0.15) is 35.6 Å². The third-order valence-corrected chi connectivity index (χ3v) is 6.32. The van der Waals surface area contributed by atoms with Crippen LogP contribution in [0.25, 0.3) is 11.3 Å². The Kier molecular flexibility index (Phi) is 5.89. The fraction of sp³-hybridized carbons (Fsp3) is 0.423. The molecule has 2 aromatic carbocycles. The Morgan fingerprint density at radius 2 is 1.81 bits per heavy atom. The van der Waals surface area contributed by atoms with Crippen LogP contribution in [0.5, 0.6) is 11.5 Å². The zero-order valence-corrected chi connectivity index (χ0v) is 19.3. The van der Waals surface area contributed by atoms with Gasteiger partial charge in [0.15, 0.2) is 11.5 Å². The molecular weight excluding hydrogens is 400 g/mol. The monoisotopic (exact) mass is 432 g/mol. The van der Waals surface area contributed by atoms with Gasteiger partial charge < -0.3 is 14.4 Å². The molecule has 168 valence electrons. The minimum atomic E-state index is 0.455. The van der Waals surface area contributed by atoms with E-state index < -0.39 is 0 Å². The van der Waals surface area contributed by atoms with Crippen molar-refractivity contribution in [3.05, 3.63) is 65.4 Å². The molecule has 1 aromatic heterocycles. The molecule has 0 bridgehead atoms. The number of benzene rings is 2. The van der Waals surface area contributed by atoms with Crippen LogP contribution in [0.3, 0.4) is 0 Å². The molecule has 1 atom stereocenters. The van der Waals surface area contributed by atoms with E-state index in [1.807, 2.05) is 17.8 Å². The van der Waals surface area contributed by atoms with Gasteiger partial charge in [-0.15, -0.1) is 0 Å². The molecule has 2 aliphatic rings. The summed E-state index contributed by atoms with van der Waals surface area (Å²) in [6, 6.07) is 15.8. The lowest BCUT2D eigenvalue weighted by Gasteiger charge is -2.25. The highest BCUT2D eigenvalue weighted by Gasteiger charge is 2.27. The molecule has 32 heavy (non-hydrogen) atoms. The van der Waals surface area contributed by atoms with Crippen LogP contribution < -0.4 is 9.47 Å². The number of nitrogens with zero attached hydrogens (tertiary/aromatic N) is 4. The minimum Gasteiger partial charge on any atom is -0.486 e. The van der Waals surface area contributed by atoms with Gasteiger partial charge in [-0.25, -0.2) is 0 Å². The molecule has 2 aliphatic heterocycles. The van der Waals surface area contributed by atoms with Crippen molar-refractivity contribution >= 4 is 0 Å². The third kappa shape index (κ3) is 4.38. The van der Waals surface area contributed by atoms with Gasteiger partial charge in [0, 0.05) is 43.5 Å². The zero-order chi connectivity index (χ0) is 22.1. The predicted octanol–water partition coefficient (Wildman–Crippen LogP) is 4.26. The van der Waals surface area contributed by atoms with Gasteiger partial charge in [-0.05, 0) is 62.8 Å². The maximum atomic E-state index is 5.80. The van der Waals surface area contributed by atoms with E-state index in [1.54, 1.807) is 0 Å². The highest BCUT2D eigenvalue weighted by atomic mass is 16.6. The second-order valence-electron chi connectivity index (χ2n) is 9.14. The molecule has 0 aliphatic carbocycles. The molecule has 0 amide bonds. The van der Waals surface area contributed by atoms with Crippen molar-refractivity contribution in [2.75, 3.05) is 33.9 Å². The topological polar surface area (TPSA) is 42.8 Å². The normalized spacial score (nSPS) is 18.4. The van der Waals surface area contributed by atoms with Crippen molar-refractivity contribution < 1.29 is 9.47 Å². The van der Waals surface area contributed by atoms with E-state index in [0.717, 1.165) is 42.4 Å². The van der Waals surface area contributed by atoms with Crippen LogP contribution >= 0.6 is 0 Å². The molecule has 0 radical (unpaired) electrons. The van der Waals surface area contributed by atoms with Gasteiger partial charge in [0.25, 0.3) is 0 Å². The van der Waals surface area contributed by atoms with Crippen LogP contribution in [0.2, 0.25) is 0 Å². The average Bonchev–Trinajstić information content (AvgIpc) is 3.40. The number of fused-ring (bicyclic) bond motifs is 1. The molecule has 6 nitrogen and oxygen atoms in total. The molecule has 6 heteroatoms. The first-order valence-electron chi connectivity index (χ1n) is 11.5. The van der Waals surface area contributed by atoms with E-state index in [2.05, 4.69) is 66.5 Å². The molecule has 0 spiro atoms. The molecule has 3 aromatic rings. The summed E-state index contributed by atoms with van der Waals surface area (Å²) in [5.74, 6) is 1.62. The van der Waals surface area contributed by atoms with E-state index >= 15 is 0 Å². The Balaban J connectivity index is 1.37. The van der Waals surface area contributed by atoms with Gasteiger partial charge in [-0.2, -0.15) is 5.10 Å². The zero-order valence-electron chi connectivity index (χ0n) is 19.3. The quantitative estimate of drug-likeness (QED) is 0.582. The molecule has 5 rings (SSSR count). The van der Waals surface area contributed by atoms with Gasteiger partial charge in [-0.3, -0.25) is 9.58 Å². The maximum absolute atomic E-state index is 5.80. The molecule has 1 fully saturated rings. The lowest BCUT2D eigenvalue weighted by Crippen LogP contribution is -2.23. The number of aryl methyl sites for hydroxylation is 1. The number of hydrogen-bond acceptors (Lipinski definition) is 5. The highest BCUT2D eigenvalue weighted by Crippen LogP contribution is 2.37. The maximum Gasteiger partial charge on any atom is 0.162 e. The summed E-state index contributed by atoms with van der Waals surface area (Å²) in [5.41, 5.74) is 6.12. The van der Waals surface area contributed by atoms with Crippen molar-refractivity contribution in [1.82, 2.24) is 19.6 Å². The lowest BCUT2D eigenvalue weighted by atomic mass is 10.0. The van der Waals surface area contributed by atoms with Gasteiger partial charge in [-0.1, -0.05) is 24.3 Å². The van der Waals surface area contributed by atoms with Crippen LogP contribution in [0.4, 0.5) is 0 Å². The van der Waals surface area contributed by atoms with Crippen LogP contribution in [0, 0.1) is 0 Å². The van der Waals surface area contributed by atoms with E-state index in [-0.39, 0.29) is 0 Å². The van der Waals surface area contributed by atoms with Crippen molar-refractivity contribution in [3.63, 3.8) is 0 Å². The van der Waals surface area contributed by atoms with Gasteiger partial charge >= 0.3 is 0 Å². The Hall–Kier alpha value is -2.83. The van der Waals surface area contributed by atoms with Crippen molar-refractivity contribution in [1.29, 1.82) is 0 Å². The summed E-state index contributed by atoms with van der Waals surface area (Å²) in [5, 5.41) is 4.80. The molecule has 3 heterocycles. The highest BCUT2D eigenvalue weighted by molar-refractivity contribution is 5.67. The largest absolute Gasteiger partial charge is 0.486 e. The Labute approximate surface area is 190 Å². The molecule has 0 N–H and O–H groups in total. The van der Waals surface area contributed by atoms with Crippen molar-refractivity contribution in [2.24, 2.45) is 7.05 Å². The Bertz CT molecular complexity index is 1070. The number of hydrogen-bond donors (Lipinski definition) is 0. The van der Waals surface area contributed by atoms with E-state index in [9.17, 15) is 0 Å². The van der Waals surface area contributed by atoms with Crippen LogP contribution in [0.15, 0.2) is 48.7 Å². The van der Waals surface area contributed by atoms with E-state index in [4.69, 9.17) is 14.6 Å².